The molecule has 3 aromatic heterocycles. The van der Waals surface area contributed by atoms with Crippen LogP contribution in [0.15, 0.2) is 35.7 Å². The summed E-state index contributed by atoms with van der Waals surface area (Å²) < 4.78 is 2.30. The molecule has 1 aromatic carbocycles. The summed E-state index contributed by atoms with van der Waals surface area (Å²) in [4.78, 5) is 13.7. The van der Waals surface area contributed by atoms with Crippen LogP contribution < -0.4 is 4.90 Å². The number of anilines is 1. The molecular weight excluding hydrogens is 404 g/mol. The second-order valence-corrected chi connectivity index (χ2v) is 9.83. The van der Waals surface area contributed by atoms with Crippen LogP contribution in [0.1, 0.15) is 69.0 Å². The van der Waals surface area contributed by atoms with Crippen molar-refractivity contribution in [2.75, 3.05) is 11.4 Å². The fourth-order valence-corrected chi connectivity index (χ4v) is 5.57. The normalized spacial score (nSPS) is 18.7. The van der Waals surface area contributed by atoms with Crippen LogP contribution in [-0.4, -0.2) is 31.3 Å². The second kappa shape index (κ2) is 7.12. The Morgan fingerprint density at radius 2 is 1.84 bits per heavy atom. The lowest BCUT2D eigenvalue weighted by molar-refractivity contribution is 0.477. The van der Waals surface area contributed by atoms with E-state index < -0.39 is 0 Å². The van der Waals surface area contributed by atoms with Crippen molar-refractivity contribution in [2.45, 2.75) is 58.0 Å². The zero-order valence-corrected chi connectivity index (χ0v) is 18.9. The van der Waals surface area contributed by atoms with Gasteiger partial charge < -0.3 is 9.47 Å². The zero-order chi connectivity index (χ0) is 21.1. The van der Waals surface area contributed by atoms with E-state index in [-0.39, 0.29) is 6.04 Å². The highest BCUT2D eigenvalue weighted by Crippen LogP contribution is 2.45. The van der Waals surface area contributed by atoms with Gasteiger partial charge in [-0.15, -0.1) is 21.5 Å². The van der Waals surface area contributed by atoms with E-state index in [0.717, 1.165) is 41.2 Å². The molecular formula is C24H26N6S. The number of aromatic nitrogens is 5. The third-order valence-electron chi connectivity index (χ3n) is 6.46. The minimum Gasteiger partial charge on any atom is -0.344 e. The SMILES string of the molecule is CC(C)c1nnc2n1CCN(c1nc(C3CC3)nc3scc(-c4ccccc4)c13)C2C. The van der Waals surface area contributed by atoms with E-state index in [1.807, 2.05) is 0 Å². The van der Waals surface area contributed by atoms with Crippen LogP contribution in [0.25, 0.3) is 21.3 Å². The van der Waals surface area contributed by atoms with E-state index in [9.17, 15) is 0 Å². The Morgan fingerprint density at radius 3 is 2.58 bits per heavy atom. The monoisotopic (exact) mass is 430 g/mol. The maximum atomic E-state index is 5.17. The van der Waals surface area contributed by atoms with Gasteiger partial charge in [-0.3, -0.25) is 0 Å². The Labute approximate surface area is 186 Å². The van der Waals surface area contributed by atoms with Gasteiger partial charge in [0.15, 0.2) is 5.82 Å². The van der Waals surface area contributed by atoms with Crippen LogP contribution in [0.4, 0.5) is 5.82 Å². The van der Waals surface area contributed by atoms with E-state index in [4.69, 9.17) is 9.97 Å². The average molecular weight is 431 g/mol. The smallest absolute Gasteiger partial charge is 0.155 e. The third kappa shape index (κ3) is 3.05. The van der Waals surface area contributed by atoms with Gasteiger partial charge >= 0.3 is 0 Å². The number of nitrogens with zero attached hydrogens (tertiary/aromatic N) is 6. The molecule has 1 unspecified atom stereocenters. The van der Waals surface area contributed by atoms with E-state index in [0.29, 0.717) is 11.8 Å². The van der Waals surface area contributed by atoms with Gasteiger partial charge in [-0.25, -0.2) is 9.97 Å². The molecule has 0 spiro atoms. The van der Waals surface area contributed by atoms with Crippen LogP contribution in [0.5, 0.6) is 0 Å². The first-order valence-electron chi connectivity index (χ1n) is 11.2. The first-order valence-corrected chi connectivity index (χ1v) is 12.0. The van der Waals surface area contributed by atoms with Crippen molar-refractivity contribution in [2.24, 2.45) is 0 Å². The summed E-state index contributed by atoms with van der Waals surface area (Å²) in [5.74, 6) is 5.06. The van der Waals surface area contributed by atoms with E-state index in [2.05, 4.69) is 76.1 Å². The van der Waals surface area contributed by atoms with Crippen LogP contribution in [0.3, 0.4) is 0 Å². The summed E-state index contributed by atoms with van der Waals surface area (Å²) in [5.41, 5.74) is 2.44. The summed E-state index contributed by atoms with van der Waals surface area (Å²) in [6.45, 7) is 8.37. The van der Waals surface area contributed by atoms with Gasteiger partial charge in [-0.2, -0.15) is 0 Å². The molecule has 1 fully saturated rings. The zero-order valence-electron chi connectivity index (χ0n) is 18.1. The molecule has 0 radical (unpaired) electrons. The molecule has 0 amide bonds. The van der Waals surface area contributed by atoms with Crippen molar-refractivity contribution in [3.05, 3.63) is 53.2 Å². The van der Waals surface area contributed by atoms with Gasteiger partial charge in [-0.05, 0) is 25.3 Å². The Balaban J connectivity index is 1.52. The molecule has 4 heterocycles. The molecule has 0 bridgehead atoms. The lowest BCUT2D eigenvalue weighted by atomic mass is 10.0. The Bertz CT molecular complexity index is 1250. The fraction of sp³-hybridized carbons (Fsp3) is 0.417. The summed E-state index contributed by atoms with van der Waals surface area (Å²) >= 11 is 1.73. The van der Waals surface area contributed by atoms with Crippen molar-refractivity contribution in [1.82, 2.24) is 24.7 Å². The van der Waals surface area contributed by atoms with Crippen LogP contribution in [0.2, 0.25) is 0 Å². The summed E-state index contributed by atoms with van der Waals surface area (Å²) in [5, 5.41) is 12.5. The fourth-order valence-electron chi connectivity index (χ4n) is 4.62. The van der Waals surface area contributed by atoms with Gasteiger partial charge in [0.25, 0.3) is 0 Å². The second-order valence-electron chi connectivity index (χ2n) is 8.97. The molecule has 1 atom stereocenters. The molecule has 1 saturated carbocycles. The number of hydrogen-bond acceptors (Lipinski definition) is 6. The van der Waals surface area contributed by atoms with Gasteiger partial charge in [0, 0.05) is 35.9 Å². The van der Waals surface area contributed by atoms with E-state index in [1.54, 1.807) is 11.3 Å². The van der Waals surface area contributed by atoms with E-state index >= 15 is 0 Å². The molecule has 6 rings (SSSR count). The third-order valence-corrected chi connectivity index (χ3v) is 7.33. The standard InChI is InChI=1S/C24H26N6S/c1-14(2)21-27-28-22-15(3)29(11-12-30(21)22)23-19-18(16-7-5-4-6-8-16)13-31-24(19)26-20(25-23)17-9-10-17/h4-8,13-15,17H,9-12H2,1-3H3. The Kier molecular flexibility index (Phi) is 4.35. The Hall–Kier alpha value is -2.80. The summed E-state index contributed by atoms with van der Waals surface area (Å²) in [6.07, 6.45) is 2.40. The number of rotatable bonds is 4. The van der Waals surface area contributed by atoms with Gasteiger partial charge in [0.2, 0.25) is 0 Å². The predicted molar refractivity (Wildman–Crippen MR) is 125 cm³/mol. The molecule has 2 aliphatic rings. The first kappa shape index (κ1) is 18.9. The summed E-state index contributed by atoms with van der Waals surface area (Å²) in [7, 11) is 0. The molecule has 0 saturated heterocycles. The largest absolute Gasteiger partial charge is 0.344 e. The number of benzene rings is 1. The minimum atomic E-state index is 0.113. The molecule has 31 heavy (non-hydrogen) atoms. The maximum absolute atomic E-state index is 5.17. The van der Waals surface area contributed by atoms with Crippen LogP contribution in [-0.2, 0) is 6.54 Å². The van der Waals surface area contributed by atoms with Crippen molar-refractivity contribution >= 4 is 27.4 Å². The van der Waals surface area contributed by atoms with Crippen LogP contribution in [0, 0.1) is 0 Å². The lowest BCUT2D eigenvalue weighted by Gasteiger charge is -2.35. The van der Waals surface area contributed by atoms with Crippen molar-refractivity contribution in [3.8, 4) is 11.1 Å². The molecule has 0 N–H and O–H groups in total. The van der Waals surface area contributed by atoms with Gasteiger partial charge in [0.05, 0.1) is 11.4 Å². The molecule has 158 valence electrons. The maximum Gasteiger partial charge on any atom is 0.155 e. The predicted octanol–water partition coefficient (Wildman–Crippen LogP) is 5.53. The first-order chi connectivity index (χ1) is 15.1. The van der Waals surface area contributed by atoms with E-state index in [1.165, 1.54) is 29.4 Å². The summed E-state index contributed by atoms with van der Waals surface area (Å²) in [6, 6.07) is 10.7. The molecule has 7 heteroatoms. The minimum absolute atomic E-state index is 0.113. The van der Waals surface area contributed by atoms with Gasteiger partial charge in [0.1, 0.15) is 22.3 Å². The molecule has 4 aromatic rings. The molecule has 1 aliphatic carbocycles. The average Bonchev–Trinajstić information content (AvgIpc) is 3.39. The number of fused-ring (bicyclic) bond motifs is 2. The number of thiophene rings is 1. The highest BCUT2D eigenvalue weighted by atomic mass is 32.1. The highest BCUT2D eigenvalue weighted by molar-refractivity contribution is 7.17. The van der Waals surface area contributed by atoms with Crippen molar-refractivity contribution in [1.29, 1.82) is 0 Å². The van der Waals surface area contributed by atoms with Crippen LogP contribution >= 0.6 is 11.3 Å². The lowest BCUT2D eigenvalue weighted by Crippen LogP contribution is -2.38. The van der Waals surface area contributed by atoms with Gasteiger partial charge in [-0.1, -0.05) is 44.2 Å². The highest BCUT2D eigenvalue weighted by Gasteiger charge is 2.34. The topological polar surface area (TPSA) is 59.7 Å². The number of hydrogen-bond donors (Lipinski definition) is 0. The molecule has 6 nitrogen and oxygen atoms in total. The van der Waals surface area contributed by atoms with Crippen molar-refractivity contribution in [3.63, 3.8) is 0 Å². The Morgan fingerprint density at radius 1 is 1.03 bits per heavy atom. The quantitative estimate of drug-likeness (QED) is 0.426. The van der Waals surface area contributed by atoms with Crippen molar-refractivity contribution < 1.29 is 0 Å². The molecule has 1 aliphatic heterocycles.